The van der Waals surface area contributed by atoms with Crippen LogP contribution in [0.5, 0.6) is 0 Å². The van der Waals surface area contributed by atoms with E-state index in [0.29, 0.717) is 18.8 Å². The van der Waals surface area contributed by atoms with E-state index in [1.807, 2.05) is 30.3 Å². The molecule has 7 heteroatoms. The summed E-state index contributed by atoms with van der Waals surface area (Å²) in [6.07, 6.45) is 1.90. The summed E-state index contributed by atoms with van der Waals surface area (Å²) in [5, 5.41) is 0. The van der Waals surface area contributed by atoms with Crippen LogP contribution in [0.15, 0.2) is 53.6 Å². The number of sulfonamides is 1. The van der Waals surface area contributed by atoms with E-state index in [4.69, 9.17) is 5.84 Å². The van der Waals surface area contributed by atoms with Crippen LogP contribution in [0.2, 0.25) is 0 Å². The smallest absolute Gasteiger partial charge is 0.242 e. The molecule has 6 nitrogen and oxygen atoms in total. The number of hydrogen-bond donors (Lipinski definition) is 3. The molecular formula is C13H16N4O2S. The Balaban J connectivity index is 1.96. The number of hydrogen-bond acceptors (Lipinski definition) is 5. The Bertz CT molecular complexity index is 642. The molecule has 0 radical (unpaired) electrons. The zero-order chi connectivity index (χ0) is 14.4. The van der Waals surface area contributed by atoms with Crippen molar-refractivity contribution >= 4 is 15.8 Å². The van der Waals surface area contributed by atoms with Crippen LogP contribution in [0.1, 0.15) is 5.56 Å². The summed E-state index contributed by atoms with van der Waals surface area (Å²) < 4.78 is 26.6. The molecule has 0 aliphatic carbocycles. The van der Waals surface area contributed by atoms with E-state index in [0.717, 1.165) is 5.56 Å². The third-order valence-electron chi connectivity index (χ3n) is 2.74. The monoisotopic (exact) mass is 292 g/mol. The standard InChI is InChI=1S/C13H16N4O2S/c14-17-13-7-6-12(10-15-13)20(18,19)16-9-8-11-4-2-1-3-5-11/h1-7,10,16H,8-9,14H2,(H,15,17). The Kier molecular flexibility index (Phi) is 4.67. The van der Waals surface area contributed by atoms with Crippen LogP contribution in [0.4, 0.5) is 5.82 Å². The summed E-state index contributed by atoms with van der Waals surface area (Å²) in [6, 6.07) is 12.6. The van der Waals surface area contributed by atoms with E-state index in [1.165, 1.54) is 18.3 Å². The minimum Gasteiger partial charge on any atom is -0.308 e. The number of nitrogen functional groups attached to an aromatic ring is 1. The molecule has 0 bridgehead atoms. The highest BCUT2D eigenvalue weighted by Gasteiger charge is 2.13. The van der Waals surface area contributed by atoms with Gasteiger partial charge in [0.15, 0.2) is 0 Å². The second-order valence-electron chi connectivity index (χ2n) is 4.16. The molecule has 0 aliphatic heterocycles. The van der Waals surface area contributed by atoms with Crippen molar-refractivity contribution < 1.29 is 8.42 Å². The minimum absolute atomic E-state index is 0.115. The molecule has 0 spiro atoms. The first-order valence-electron chi connectivity index (χ1n) is 6.08. The van der Waals surface area contributed by atoms with Crippen molar-refractivity contribution in [2.24, 2.45) is 5.84 Å². The lowest BCUT2D eigenvalue weighted by atomic mass is 10.2. The summed E-state index contributed by atoms with van der Waals surface area (Å²) >= 11 is 0. The quantitative estimate of drug-likeness (QED) is 0.542. The molecule has 4 N–H and O–H groups in total. The normalized spacial score (nSPS) is 11.2. The fourth-order valence-corrected chi connectivity index (χ4v) is 2.66. The van der Waals surface area contributed by atoms with E-state index < -0.39 is 10.0 Å². The van der Waals surface area contributed by atoms with Gasteiger partial charge in [0.1, 0.15) is 10.7 Å². The second-order valence-corrected chi connectivity index (χ2v) is 5.92. The van der Waals surface area contributed by atoms with Crippen LogP contribution in [-0.2, 0) is 16.4 Å². The molecule has 0 fully saturated rings. The number of pyridine rings is 1. The number of aromatic nitrogens is 1. The average molecular weight is 292 g/mol. The van der Waals surface area contributed by atoms with Crippen molar-refractivity contribution in [3.8, 4) is 0 Å². The van der Waals surface area contributed by atoms with Crippen molar-refractivity contribution in [3.05, 3.63) is 54.2 Å². The van der Waals surface area contributed by atoms with Crippen molar-refractivity contribution in [1.82, 2.24) is 9.71 Å². The lowest BCUT2D eigenvalue weighted by molar-refractivity contribution is 0.581. The van der Waals surface area contributed by atoms with Crippen molar-refractivity contribution in [1.29, 1.82) is 0 Å². The first kappa shape index (κ1) is 14.4. The molecule has 0 saturated heterocycles. The summed E-state index contributed by atoms with van der Waals surface area (Å²) in [4.78, 5) is 3.99. The number of benzene rings is 1. The molecule has 20 heavy (non-hydrogen) atoms. The van der Waals surface area contributed by atoms with Crippen LogP contribution < -0.4 is 16.0 Å². The van der Waals surface area contributed by atoms with Gasteiger partial charge in [0.25, 0.3) is 0 Å². The minimum atomic E-state index is -3.54. The largest absolute Gasteiger partial charge is 0.308 e. The average Bonchev–Trinajstić information content (AvgIpc) is 2.48. The molecule has 2 aromatic rings. The maximum absolute atomic E-state index is 12.0. The lowest BCUT2D eigenvalue weighted by Crippen LogP contribution is -2.26. The number of nitrogens with zero attached hydrogens (tertiary/aromatic N) is 1. The highest BCUT2D eigenvalue weighted by Crippen LogP contribution is 2.09. The fraction of sp³-hybridized carbons (Fsp3) is 0.154. The SMILES string of the molecule is NNc1ccc(S(=O)(=O)NCCc2ccccc2)cn1. The number of rotatable bonds is 6. The number of nitrogens with one attached hydrogen (secondary N) is 2. The maximum atomic E-state index is 12.0. The molecule has 0 amide bonds. The maximum Gasteiger partial charge on any atom is 0.242 e. The molecule has 0 saturated carbocycles. The van der Waals surface area contributed by atoms with E-state index in [-0.39, 0.29) is 4.90 Å². The van der Waals surface area contributed by atoms with Gasteiger partial charge in [-0.2, -0.15) is 0 Å². The van der Waals surface area contributed by atoms with Gasteiger partial charge in [0, 0.05) is 12.7 Å². The van der Waals surface area contributed by atoms with Gasteiger partial charge in [-0.05, 0) is 24.1 Å². The van der Waals surface area contributed by atoms with Gasteiger partial charge >= 0.3 is 0 Å². The van der Waals surface area contributed by atoms with Crippen molar-refractivity contribution in [3.63, 3.8) is 0 Å². The van der Waals surface area contributed by atoms with E-state index >= 15 is 0 Å². The molecule has 1 heterocycles. The number of nitrogens with two attached hydrogens (primary N) is 1. The van der Waals surface area contributed by atoms with Crippen LogP contribution in [0.25, 0.3) is 0 Å². The number of anilines is 1. The third kappa shape index (κ3) is 3.77. The highest BCUT2D eigenvalue weighted by atomic mass is 32.2. The molecule has 1 aromatic carbocycles. The molecule has 0 aliphatic rings. The van der Waals surface area contributed by atoms with E-state index in [9.17, 15) is 8.42 Å². The van der Waals surface area contributed by atoms with Gasteiger partial charge in [-0.3, -0.25) is 0 Å². The predicted octanol–water partition coefficient (Wildman–Crippen LogP) is 0.888. The van der Waals surface area contributed by atoms with Crippen LogP contribution in [0, 0.1) is 0 Å². The number of hydrazine groups is 1. The van der Waals surface area contributed by atoms with Crippen LogP contribution >= 0.6 is 0 Å². The molecule has 106 valence electrons. The van der Waals surface area contributed by atoms with E-state index in [1.54, 1.807) is 0 Å². The van der Waals surface area contributed by atoms with Crippen LogP contribution in [-0.4, -0.2) is 19.9 Å². The Morgan fingerprint density at radius 1 is 1.10 bits per heavy atom. The van der Waals surface area contributed by atoms with Gasteiger partial charge in [-0.25, -0.2) is 24.0 Å². The summed E-state index contributed by atoms with van der Waals surface area (Å²) in [5.41, 5.74) is 3.42. The highest BCUT2D eigenvalue weighted by molar-refractivity contribution is 7.89. The van der Waals surface area contributed by atoms with Gasteiger partial charge < -0.3 is 5.43 Å². The van der Waals surface area contributed by atoms with Gasteiger partial charge in [0.2, 0.25) is 10.0 Å². The molecule has 2 rings (SSSR count). The Morgan fingerprint density at radius 2 is 1.85 bits per heavy atom. The van der Waals surface area contributed by atoms with Crippen molar-refractivity contribution in [2.45, 2.75) is 11.3 Å². The molecule has 0 unspecified atom stereocenters. The summed E-state index contributed by atoms with van der Waals surface area (Å²) in [7, 11) is -3.54. The van der Waals surface area contributed by atoms with Crippen molar-refractivity contribution in [2.75, 3.05) is 12.0 Å². The van der Waals surface area contributed by atoms with Gasteiger partial charge in [0.05, 0.1) is 0 Å². The Labute approximate surface area is 118 Å². The lowest BCUT2D eigenvalue weighted by Gasteiger charge is -2.07. The fourth-order valence-electron chi connectivity index (χ4n) is 1.68. The zero-order valence-corrected chi connectivity index (χ0v) is 11.6. The second kappa shape index (κ2) is 6.47. The zero-order valence-electron chi connectivity index (χ0n) is 10.8. The Hall–Kier alpha value is -1.96. The van der Waals surface area contributed by atoms with Gasteiger partial charge in [-0.1, -0.05) is 30.3 Å². The molecule has 0 atom stereocenters. The summed E-state index contributed by atoms with van der Waals surface area (Å²) in [6.45, 7) is 0.337. The summed E-state index contributed by atoms with van der Waals surface area (Å²) in [5.74, 6) is 5.59. The molecular weight excluding hydrogens is 276 g/mol. The van der Waals surface area contributed by atoms with E-state index in [2.05, 4.69) is 15.1 Å². The first-order chi connectivity index (χ1) is 9.62. The molecule has 1 aromatic heterocycles. The van der Waals surface area contributed by atoms with Crippen LogP contribution in [0.3, 0.4) is 0 Å². The van der Waals surface area contributed by atoms with Gasteiger partial charge in [-0.15, -0.1) is 0 Å². The third-order valence-corrected chi connectivity index (χ3v) is 4.19. The predicted molar refractivity (Wildman–Crippen MR) is 77.4 cm³/mol. The Morgan fingerprint density at radius 3 is 2.45 bits per heavy atom. The first-order valence-corrected chi connectivity index (χ1v) is 7.56. The topological polar surface area (TPSA) is 97.1 Å².